The van der Waals surface area contributed by atoms with Crippen molar-refractivity contribution in [2.75, 3.05) is 11.9 Å². The molecule has 0 saturated carbocycles. The summed E-state index contributed by atoms with van der Waals surface area (Å²) in [4.78, 5) is 11.2. The SMILES string of the molecule is CC(=O)Nc1ccc(S(=O)(=O)N2CCCCC2C)cc1Cl. The first kappa shape index (κ1) is 16.3. The van der Waals surface area contributed by atoms with Gasteiger partial charge in [-0.3, -0.25) is 4.79 Å². The van der Waals surface area contributed by atoms with E-state index in [9.17, 15) is 13.2 Å². The fourth-order valence-corrected chi connectivity index (χ4v) is 4.53. The van der Waals surface area contributed by atoms with Crippen LogP contribution in [0.4, 0.5) is 5.69 Å². The van der Waals surface area contributed by atoms with Crippen LogP contribution in [0.25, 0.3) is 0 Å². The highest BCUT2D eigenvalue weighted by atomic mass is 35.5. The number of nitrogens with one attached hydrogen (secondary N) is 1. The quantitative estimate of drug-likeness (QED) is 0.926. The standard InChI is InChI=1S/C14H19ClN2O3S/c1-10-5-3-4-8-17(10)21(19,20)12-6-7-14(13(15)9-12)16-11(2)18/h6-7,9-10H,3-5,8H2,1-2H3,(H,16,18). The summed E-state index contributed by atoms with van der Waals surface area (Å²) in [6.07, 6.45) is 2.80. The van der Waals surface area contributed by atoms with E-state index in [4.69, 9.17) is 11.6 Å². The van der Waals surface area contributed by atoms with Crippen molar-refractivity contribution < 1.29 is 13.2 Å². The minimum atomic E-state index is -3.54. The van der Waals surface area contributed by atoms with Gasteiger partial charge in [0.05, 0.1) is 15.6 Å². The maximum atomic E-state index is 12.7. The van der Waals surface area contributed by atoms with Crippen molar-refractivity contribution in [2.24, 2.45) is 0 Å². The number of halogens is 1. The Bertz CT molecular complexity index is 646. The topological polar surface area (TPSA) is 66.5 Å². The second-order valence-corrected chi connectivity index (χ2v) is 7.58. The maximum Gasteiger partial charge on any atom is 0.243 e. The molecule has 1 aromatic carbocycles. The number of carbonyl (C=O) groups excluding carboxylic acids is 1. The van der Waals surface area contributed by atoms with Crippen molar-refractivity contribution in [3.05, 3.63) is 23.2 Å². The van der Waals surface area contributed by atoms with E-state index < -0.39 is 10.0 Å². The van der Waals surface area contributed by atoms with Crippen molar-refractivity contribution in [2.45, 2.75) is 44.0 Å². The summed E-state index contributed by atoms with van der Waals surface area (Å²) in [5.74, 6) is -0.253. The number of amides is 1. The second-order valence-electron chi connectivity index (χ2n) is 5.28. The van der Waals surface area contributed by atoms with Crippen molar-refractivity contribution >= 4 is 33.2 Å². The molecule has 1 saturated heterocycles. The maximum absolute atomic E-state index is 12.7. The Hall–Kier alpha value is -1.11. The number of carbonyl (C=O) groups is 1. The number of sulfonamides is 1. The van der Waals surface area contributed by atoms with Crippen LogP contribution in [0.15, 0.2) is 23.1 Å². The van der Waals surface area contributed by atoms with E-state index in [0.717, 1.165) is 19.3 Å². The summed E-state index contributed by atoms with van der Waals surface area (Å²) in [5, 5.41) is 2.78. The van der Waals surface area contributed by atoms with Crippen LogP contribution in [-0.2, 0) is 14.8 Å². The molecule has 1 heterocycles. The first-order valence-electron chi connectivity index (χ1n) is 6.91. The second kappa shape index (κ2) is 6.34. The van der Waals surface area contributed by atoms with Gasteiger partial charge >= 0.3 is 0 Å². The van der Waals surface area contributed by atoms with Gasteiger partial charge in [0.2, 0.25) is 15.9 Å². The molecule has 0 aliphatic carbocycles. The van der Waals surface area contributed by atoms with Crippen LogP contribution in [0.2, 0.25) is 5.02 Å². The van der Waals surface area contributed by atoms with Gasteiger partial charge in [-0.25, -0.2) is 8.42 Å². The minimum Gasteiger partial charge on any atom is -0.325 e. The molecule has 1 amide bonds. The molecule has 1 aliphatic heterocycles. The minimum absolute atomic E-state index is 0.00227. The van der Waals surface area contributed by atoms with Crippen LogP contribution in [-0.4, -0.2) is 31.2 Å². The molecule has 1 unspecified atom stereocenters. The fraction of sp³-hybridized carbons (Fsp3) is 0.500. The number of nitrogens with zero attached hydrogens (tertiary/aromatic N) is 1. The van der Waals surface area contributed by atoms with Gasteiger partial charge in [0.25, 0.3) is 0 Å². The van der Waals surface area contributed by atoms with Gasteiger partial charge in [0.15, 0.2) is 0 Å². The van der Waals surface area contributed by atoms with Gasteiger partial charge in [-0.2, -0.15) is 4.31 Å². The van der Waals surface area contributed by atoms with E-state index in [1.54, 1.807) is 0 Å². The van der Waals surface area contributed by atoms with E-state index in [1.165, 1.54) is 29.4 Å². The van der Waals surface area contributed by atoms with E-state index in [0.29, 0.717) is 12.2 Å². The molecule has 1 aliphatic rings. The molecule has 1 atom stereocenters. The Morgan fingerprint density at radius 3 is 2.67 bits per heavy atom. The number of rotatable bonds is 3. The summed E-state index contributed by atoms with van der Waals surface area (Å²) in [5.41, 5.74) is 0.412. The Labute approximate surface area is 130 Å². The average molecular weight is 331 g/mol. The van der Waals surface area contributed by atoms with Crippen molar-refractivity contribution in [3.8, 4) is 0 Å². The Kier molecular flexibility index (Phi) is 4.91. The third kappa shape index (κ3) is 3.56. The summed E-state index contributed by atoms with van der Waals surface area (Å²) >= 11 is 6.06. The lowest BCUT2D eigenvalue weighted by atomic mass is 10.1. The number of piperidine rings is 1. The van der Waals surface area contributed by atoms with E-state index >= 15 is 0 Å². The molecule has 0 spiro atoms. The molecule has 5 nitrogen and oxygen atoms in total. The predicted octanol–water partition coefficient (Wildman–Crippen LogP) is 2.86. The highest BCUT2D eigenvalue weighted by Gasteiger charge is 2.31. The molecular weight excluding hydrogens is 312 g/mol. The summed E-state index contributed by atoms with van der Waals surface area (Å²) in [6.45, 7) is 3.83. The molecule has 0 aromatic heterocycles. The van der Waals surface area contributed by atoms with Crippen LogP contribution in [0.3, 0.4) is 0 Å². The monoisotopic (exact) mass is 330 g/mol. The van der Waals surface area contributed by atoms with Gasteiger partial charge in [-0.1, -0.05) is 18.0 Å². The Balaban J connectivity index is 2.32. The third-order valence-electron chi connectivity index (χ3n) is 3.60. The summed E-state index contributed by atoms with van der Waals surface area (Å²) in [6, 6.07) is 4.39. The number of benzene rings is 1. The molecule has 1 N–H and O–H groups in total. The first-order valence-corrected chi connectivity index (χ1v) is 8.73. The molecule has 1 aromatic rings. The van der Waals surface area contributed by atoms with Gasteiger partial charge in [-0.05, 0) is 38.0 Å². The van der Waals surface area contributed by atoms with E-state index in [1.807, 2.05) is 6.92 Å². The lowest BCUT2D eigenvalue weighted by Gasteiger charge is -2.32. The zero-order valence-electron chi connectivity index (χ0n) is 12.1. The molecule has 2 rings (SSSR count). The number of hydrogen-bond acceptors (Lipinski definition) is 3. The molecule has 21 heavy (non-hydrogen) atoms. The van der Waals surface area contributed by atoms with Crippen molar-refractivity contribution in [3.63, 3.8) is 0 Å². The molecule has 1 fully saturated rings. The van der Waals surface area contributed by atoms with Crippen LogP contribution < -0.4 is 5.32 Å². The smallest absolute Gasteiger partial charge is 0.243 e. The largest absolute Gasteiger partial charge is 0.325 e. The van der Waals surface area contributed by atoms with Crippen LogP contribution >= 0.6 is 11.6 Å². The fourth-order valence-electron chi connectivity index (χ4n) is 2.51. The van der Waals surface area contributed by atoms with Crippen LogP contribution in [0, 0.1) is 0 Å². The van der Waals surface area contributed by atoms with Crippen LogP contribution in [0.1, 0.15) is 33.1 Å². The van der Waals surface area contributed by atoms with Crippen molar-refractivity contribution in [1.82, 2.24) is 4.31 Å². The Morgan fingerprint density at radius 2 is 2.10 bits per heavy atom. The van der Waals surface area contributed by atoms with Crippen molar-refractivity contribution in [1.29, 1.82) is 0 Å². The molecule has 0 radical (unpaired) electrons. The molecule has 7 heteroatoms. The lowest BCUT2D eigenvalue weighted by Crippen LogP contribution is -2.41. The lowest BCUT2D eigenvalue weighted by molar-refractivity contribution is -0.114. The Morgan fingerprint density at radius 1 is 1.38 bits per heavy atom. The number of anilines is 1. The van der Waals surface area contributed by atoms with Gasteiger partial charge < -0.3 is 5.32 Å². The summed E-state index contributed by atoms with van der Waals surface area (Å²) < 4.78 is 26.9. The predicted molar refractivity (Wildman–Crippen MR) is 83.0 cm³/mol. The van der Waals surface area contributed by atoms with Crippen LogP contribution in [0.5, 0.6) is 0 Å². The summed E-state index contributed by atoms with van der Waals surface area (Å²) in [7, 11) is -3.54. The first-order chi connectivity index (χ1) is 9.82. The molecule has 0 bridgehead atoms. The zero-order valence-corrected chi connectivity index (χ0v) is 13.7. The highest BCUT2D eigenvalue weighted by molar-refractivity contribution is 7.89. The van der Waals surface area contributed by atoms with Gasteiger partial charge in [0, 0.05) is 19.5 Å². The van der Waals surface area contributed by atoms with Gasteiger partial charge in [-0.15, -0.1) is 0 Å². The third-order valence-corrected chi connectivity index (χ3v) is 5.92. The highest BCUT2D eigenvalue weighted by Crippen LogP contribution is 2.29. The zero-order chi connectivity index (χ0) is 15.6. The molecular formula is C14H19ClN2O3S. The van der Waals surface area contributed by atoms with E-state index in [2.05, 4.69) is 5.32 Å². The normalized spacial score (nSPS) is 20.2. The van der Waals surface area contributed by atoms with E-state index in [-0.39, 0.29) is 21.9 Å². The average Bonchev–Trinajstić information content (AvgIpc) is 2.40. The van der Waals surface area contributed by atoms with Gasteiger partial charge in [0.1, 0.15) is 0 Å². The molecule has 116 valence electrons. The number of hydrogen-bond donors (Lipinski definition) is 1.